The molecule has 0 saturated carbocycles. The average molecular weight is 361 g/mol. The number of halogens is 1. The van der Waals surface area contributed by atoms with Crippen LogP contribution in [0.15, 0.2) is 24.3 Å². The SMILES string of the molecule is CC(C)(C)NC(=O)N1CCN(Cc2nnnn2-c2ccc(F)cc2)CC1. The first-order chi connectivity index (χ1) is 12.3. The summed E-state index contributed by atoms with van der Waals surface area (Å²) in [5.74, 6) is 0.386. The zero-order valence-corrected chi connectivity index (χ0v) is 15.3. The zero-order chi connectivity index (χ0) is 18.7. The fraction of sp³-hybridized carbons (Fsp3) is 0.529. The third-order valence-electron chi connectivity index (χ3n) is 4.11. The van der Waals surface area contributed by atoms with Crippen LogP contribution in [0.3, 0.4) is 0 Å². The van der Waals surface area contributed by atoms with Crippen LogP contribution in [0.2, 0.25) is 0 Å². The zero-order valence-electron chi connectivity index (χ0n) is 15.3. The van der Waals surface area contributed by atoms with Gasteiger partial charge in [-0.2, -0.15) is 4.68 Å². The highest BCUT2D eigenvalue weighted by Gasteiger charge is 2.25. The number of hydrogen-bond donors (Lipinski definition) is 1. The van der Waals surface area contributed by atoms with E-state index in [0.717, 1.165) is 18.8 Å². The predicted octanol–water partition coefficient (Wildman–Crippen LogP) is 1.43. The van der Waals surface area contributed by atoms with Crippen LogP contribution < -0.4 is 5.32 Å². The van der Waals surface area contributed by atoms with Crippen LogP contribution in [-0.2, 0) is 6.54 Å². The first-order valence-corrected chi connectivity index (χ1v) is 8.64. The molecule has 0 unspecified atom stereocenters. The summed E-state index contributed by atoms with van der Waals surface area (Å²) in [5.41, 5.74) is 0.473. The molecule has 1 aliphatic heterocycles. The van der Waals surface area contributed by atoms with Gasteiger partial charge in [-0.05, 0) is 55.5 Å². The van der Waals surface area contributed by atoms with E-state index in [1.165, 1.54) is 12.1 Å². The number of carbonyl (C=O) groups excluding carboxylic acids is 1. The summed E-state index contributed by atoms with van der Waals surface area (Å²) in [5, 5.41) is 14.8. The molecule has 0 aliphatic carbocycles. The van der Waals surface area contributed by atoms with Crippen molar-refractivity contribution in [2.45, 2.75) is 32.9 Å². The van der Waals surface area contributed by atoms with Crippen molar-refractivity contribution in [1.82, 2.24) is 35.3 Å². The Bertz CT molecular complexity index is 745. The Labute approximate surface area is 152 Å². The van der Waals surface area contributed by atoms with Crippen LogP contribution >= 0.6 is 0 Å². The predicted molar refractivity (Wildman–Crippen MR) is 94.2 cm³/mol. The molecule has 1 saturated heterocycles. The lowest BCUT2D eigenvalue weighted by Gasteiger charge is -2.36. The van der Waals surface area contributed by atoms with Crippen molar-refractivity contribution in [2.75, 3.05) is 26.2 Å². The maximum absolute atomic E-state index is 13.1. The summed E-state index contributed by atoms with van der Waals surface area (Å²) >= 11 is 0. The number of piperazine rings is 1. The minimum absolute atomic E-state index is 0.0340. The van der Waals surface area contributed by atoms with Crippen molar-refractivity contribution < 1.29 is 9.18 Å². The highest BCUT2D eigenvalue weighted by molar-refractivity contribution is 5.75. The second-order valence-electron chi connectivity index (χ2n) is 7.43. The Balaban J connectivity index is 1.58. The van der Waals surface area contributed by atoms with E-state index in [4.69, 9.17) is 0 Å². The number of aromatic nitrogens is 4. The van der Waals surface area contributed by atoms with E-state index in [9.17, 15) is 9.18 Å². The first-order valence-electron chi connectivity index (χ1n) is 8.64. The molecule has 1 fully saturated rings. The summed E-state index contributed by atoms with van der Waals surface area (Å²) in [4.78, 5) is 16.3. The Hall–Kier alpha value is -2.55. The van der Waals surface area contributed by atoms with Crippen molar-refractivity contribution in [3.63, 3.8) is 0 Å². The van der Waals surface area contributed by atoms with Gasteiger partial charge < -0.3 is 10.2 Å². The van der Waals surface area contributed by atoms with Gasteiger partial charge >= 0.3 is 6.03 Å². The van der Waals surface area contributed by atoms with Gasteiger partial charge in [-0.1, -0.05) is 0 Å². The summed E-state index contributed by atoms with van der Waals surface area (Å²) in [6.45, 7) is 9.27. The monoisotopic (exact) mass is 361 g/mol. The summed E-state index contributed by atoms with van der Waals surface area (Å²) in [6.07, 6.45) is 0. The van der Waals surface area contributed by atoms with E-state index >= 15 is 0 Å². The highest BCUT2D eigenvalue weighted by Crippen LogP contribution is 2.12. The molecule has 3 rings (SSSR count). The molecular weight excluding hydrogens is 337 g/mol. The van der Waals surface area contributed by atoms with Crippen molar-refractivity contribution >= 4 is 6.03 Å². The van der Waals surface area contributed by atoms with Gasteiger partial charge in [-0.25, -0.2) is 9.18 Å². The molecule has 2 heterocycles. The van der Waals surface area contributed by atoms with E-state index in [1.54, 1.807) is 16.8 Å². The van der Waals surface area contributed by atoms with Gasteiger partial charge in [0.05, 0.1) is 12.2 Å². The largest absolute Gasteiger partial charge is 0.333 e. The number of amides is 2. The Morgan fingerprint density at radius 2 is 1.81 bits per heavy atom. The molecule has 9 heteroatoms. The average Bonchev–Trinajstić information content (AvgIpc) is 3.03. The van der Waals surface area contributed by atoms with E-state index < -0.39 is 0 Å². The van der Waals surface area contributed by atoms with Crippen molar-refractivity contribution in [2.24, 2.45) is 0 Å². The molecule has 2 amide bonds. The van der Waals surface area contributed by atoms with Crippen molar-refractivity contribution in [3.8, 4) is 5.69 Å². The van der Waals surface area contributed by atoms with Crippen LogP contribution in [0.5, 0.6) is 0 Å². The van der Waals surface area contributed by atoms with Gasteiger partial charge in [0.2, 0.25) is 0 Å². The van der Waals surface area contributed by atoms with Crippen molar-refractivity contribution in [3.05, 3.63) is 35.9 Å². The van der Waals surface area contributed by atoms with Gasteiger partial charge in [-0.15, -0.1) is 5.10 Å². The molecule has 1 N–H and O–H groups in total. The molecule has 140 valence electrons. The summed E-state index contributed by atoms with van der Waals surface area (Å²) < 4.78 is 14.7. The van der Waals surface area contributed by atoms with E-state index in [0.29, 0.717) is 25.5 Å². The molecule has 1 aromatic carbocycles. The lowest BCUT2D eigenvalue weighted by Crippen LogP contribution is -2.54. The fourth-order valence-corrected chi connectivity index (χ4v) is 2.80. The molecule has 2 aromatic rings. The second-order valence-corrected chi connectivity index (χ2v) is 7.43. The minimum atomic E-state index is -0.298. The Kier molecular flexibility index (Phi) is 5.17. The summed E-state index contributed by atoms with van der Waals surface area (Å²) in [7, 11) is 0. The van der Waals surface area contributed by atoms with E-state index in [2.05, 4.69) is 25.7 Å². The summed E-state index contributed by atoms with van der Waals surface area (Å²) in [6, 6.07) is 6.02. The number of rotatable bonds is 3. The van der Waals surface area contributed by atoms with Gasteiger partial charge in [0.1, 0.15) is 5.82 Å². The fourth-order valence-electron chi connectivity index (χ4n) is 2.80. The molecule has 0 atom stereocenters. The van der Waals surface area contributed by atoms with Crippen molar-refractivity contribution in [1.29, 1.82) is 0 Å². The first kappa shape index (κ1) is 18.2. The molecule has 0 spiro atoms. The van der Waals surface area contributed by atoms with Gasteiger partial charge in [0, 0.05) is 31.7 Å². The molecule has 1 aromatic heterocycles. The molecule has 26 heavy (non-hydrogen) atoms. The molecule has 1 aliphatic rings. The smallest absolute Gasteiger partial charge is 0.317 e. The van der Waals surface area contributed by atoms with Crippen LogP contribution in [0, 0.1) is 5.82 Å². The number of urea groups is 1. The van der Waals surface area contributed by atoms with Crippen LogP contribution in [0.25, 0.3) is 5.69 Å². The number of hydrogen-bond acceptors (Lipinski definition) is 5. The third-order valence-corrected chi connectivity index (χ3v) is 4.11. The topological polar surface area (TPSA) is 79.2 Å². The van der Waals surface area contributed by atoms with Gasteiger partial charge in [-0.3, -0.25) is 4.90 Å². The maximum Gasteiger partial charge on any atom is 0.317 e. The highest BCUT2D eigenvalue weighted by atomic mass is 19.1. The maximum atomic E-state index is 13.1. The number of nitrogens with zero attached hydrogens (tertiary/aromatic N) is 6. The molecular formula is C17H24FN7O. The minimum Gasteiger partial charge on any atom is -0.333 e. The van der Waals surface area contributed by atoms with Crippen LogP contribution in [-0.4, -0.2) is 67.8 Å². The lowest BCUT2D eigenvalue weighted by molar-refractivity contribution is 0.129. The Morgan fingerprint density at radius 1 is 1.15 bits per heavy atom. The van der Waals surface area contributed by atoms with E-state index in [1.807, 2.05) is 25.7 Å². The Morgan fingerprint density at radius 3 is 2.42 bits per heavy atom. The van der Waals surface area contributed by atoms with Gasteiger partial charge in [0.15, 0.2) is 5.82 Å². The van der Waals surface area contributed by atoms with E-state index in [-0.39, 0.29) is 17.4 Å². The number of nitrogens with one attached hydrogen (secondary N) is 1. The lowest BCUT2D eigenvalue weighted by atomic mass is 10.1. The normalized spacial score (nSPS) is 15.9. The number of tetrazole rings is 1. The molecule has 0 bridgehead atoms. The quantitative estimate of drug-likeness (QED) is 0.895. The number of carbonyl (C=O) groups is 1. The second kappa shape index (κ2) is 7.36. The standard InChI is InChI=1S/C17H24FN7O/c1-17(2,3)19-16(26)24-10-8-23(9-11-24)12-15-20-21-22-25(15)14-6-4-13(18)5-7-14/h4-7H,8-12H2,1-3H3,(H,19,26). The molecule has 0 radical (unpaired) electrons. The van der Waals surface area contributed by atoms with Crippen LogP contribution in [0.1, 0.15) is 26.6 Å². The van der Waals surface area contributed by atoms with Crippen LogP contribution in [0.4, 0.5) is 9.18 Å². The van der Waals surface area contributed by atoms with Gasteiger partial charge in [0.25, 0.3) is 0 Å². The molecule has 8 nitrogen and oxygen atoms in total. The third kappa shape index (κ3) is 4.54. The number of benzene rings is 1.